The number of nitrogens with zero attached hydrogens (tertiary/aromatic N) is 3. The third-order valence-corrected chi connectivity index (χ3v) is 5.44. The van der Waals surface area contributed by atoms with Crippen molar-refractivity contribution in [2.75, 3.05) is 19.6 Å². The highest BCUT2D eigenvalue weighted by molar-refractivity contribution is 6.30. The minimum atomic E-state index is 0.176. The van der Waals surface area contributed by atoms with E-state index in [2.05, 4.69) is 14.5 Å². The van der Waals surface area contributed by atoms with E-state index in [0.29, 0.717) is 11.6 Å². The molecule has 0 unspecified atom stereocenters. The van der Waals surface area contributed by atoms with Crippen LogP contribution in [0.15, 0.2) is 42.7 Å². The van der Waals surface area contributed by atoms with Crippen LogP contribution in [0, 0.1) is 6.92 Å². The summed E-state index contributed by atoms with van der Waals surface area (Å²) in [5, 5.41) is 1.62. The van der Waals surface area contributed by atoms with Gasteiger partial charge in [-0.05, 0) is 63.2 Å². The van der Waals surface area contributed by atoms with Crippen LogP contribution in [0.2, 0.25) is 5.02 Å². The maximum absolute atomic E-state index is 13.1. The van der Waals surface area contributed by atoms with Crippen LogP contribution < -0.4 is 0 Å². The van der Waals surface area contributed by atoms with Crippen molar-refractivity contribution in [2.24, 2.45) is 0 Å². The third-order valence-electron chi connectivity index (χ3n) is 5.19. The highest BCUT2D eigenvalue weighted by atomic mass is 35.5. The van der Waals surface area contributed by atoms with Crippen LogP contribution in [0.4, 0.5) is 0 Å². The molecule has 1 aliphatic heterocycles. The number of aromatic nitrogens is 2. The summed E-state index contributed by atoms with van der Waals surface area (Å²) in [6.07, 6.45) is 7.20. The summed E-state index contributed by atoms with van der Waals surface area (Å²) in [6.45, 7) is 4.52. The lowest BCUT2D eigenvalue weighted by atomic mass is 10.1. The predicted octanol–water partition coefficient (Wildman–Crippen LogP) is 4.66. The van der Waals surface area contributed by atoms with Crippen molar-refractivity contribution in [3.05, 3.63) is 59.0 Å². The first-order valence-electron chi connectivity index (χ1n) is 9.11. The lowest BCUT2D eigenvalue weighted by molar-refractivity contribution is 0.0916. The fourth-order valence-corrected chi connectivity index (χ4v) is 4.06. The number of pyridine rings is 1. The van der Waals surface area contributed by atoms with E-state index in [4.69, 9.17) is 11.6 Å². The van der Waals surface area contributed by atoms with Crippen molar-refractivity contribution >= 4 is 28.3 Å². The highest BCUT2D eigenvalue weighted by Crippen LogP contribution is 2.30. The summed E-state index contributed by atoms with van der Waals surface area (Å²) in [4.78, 5) is 19.7. The van der Waals surface area contributed by atoms with Gasteiger partial charge in [0.25, 0.3) is 0 Å². The summed E-state index contributed by atoms with van der Waals surface area (Å²) in [7, 11) is 0. The summed E-state index contributed by atoms with van der Waals surface area (Å²) in [5.41, 5.74) is 3.74. The van der Waals surface area contributed by atoms with Gasteiger partial charge < -0.3 is 4.57 Å². The molecular weight excluding hydrogens is 346 g/mol. The molecule has 0 N–H and O–H groups in total. The summed E-state index contributed by atoms with van der Waals surface area (Å²) in [5.74, 6) is 0.176. The van der Waals surface area contributed by atoms with Crippen LogP contribution in [-0.2, 0) is 0 Å². The van der Waals surface area contributed by atoms with Gasteiger partial charge in [-0.3, -0.25) is 14.7 Å². The number of ketones is 1. The molecule has 5 heteroatoms. The molecule has 0 spiro atoms. The zero-order valence-electron chi connectivity index (χ0n) is 14.9. The molecule has 1 aliphatic rings. The molecule has 0 amide bonds. The van der Waals surface area contributed by atoms with Gasteiger partial charge in [0.1, 0.15) is 0 Å². The number of carbonyl (C=O) groups excluding carboxylic acids is 1. The number of Topliss-reactive ketones (excluding diaryl/α,β-unsaturated/α-hetero) is 1. The van der Waals surface area contributed by atoms with Crippen LogP contribution in [-0.4, -0.2) is 39.9 Å². The van der Waals surface area contributed by atoms with Gasteiger partial charge in [-0.2, -0.15) is 0 Å². The van der Waals surface area contributed by atoms with Gasteiger partial charge in [-0.15, -0.1) is 0 Å². The Labute approximate surface area is 158 Å². The molecule has 0 aliphatic carbocycles. The van der Waals surface area contributed by atoms with E-state index in [1.165, 1.54) is 19.3 Å². The SMILES string of the molecule is Cc1c(C(=O)CN2CCCCC2)c2cnccc2n1-c1ccc(Cl)cc1. The lowest BCUT2D eigenvalue weighted by Crippen LogP contribution is -2.34. The number of hydrogen-bond acceptors (Lipinski definition) is 3. The first-order chi connectivity index (χ1) is 12.6. The molecule has 1 fully saturated rings. The fraction of sp³-hybridized carbons (Fsp3) is 0.333. The Morgan fingerprint density at radius 3 is 2.58 bits per heavy atom. The van der Waals surface area contributed by atoms with Crippen molar-refractivity contribution in [3.8, 4) is 5.69 Å². The number of hydrogen-bond donors (Lipinski definition) is 0. The number of fused-ring (bicyclic) bond motifs is 1. The minimum absolute atomic E-state index is 0.176. The van der Waals surface area contributed by atoms with Crippen LogP contribution in [0.3, 0.4) is 0 Å². The largest absolute Gasteiger partial charge is 0.313 e. The molecule has 3 aromatic rings. The molecule has 0 bridgehead atoms. The van der Waals surface area contributed by atoms with Crippen molar-refractivity contribution in [1.29, 1.82) is 0 Å². The molecular formula is C21H22ClN3O. The van der Waals surface area contributed by atoms with Crippen molar-refractivity contribution in [3.63, 3.8) is 0 Å². The average molecular weight is 368 g/mol. The van der Waals surface area contributed by atoms with Crippen molar-refractivity contribution in [2.45, 2.75) is 26.2 Å². The Bertz CT molecular complexity index is 940. The minimum Gasteiger partial charge on any atom is -0.313 e. The average Bonchev–Trinajstić information content (AvgIpc) is 2.95. The van der Waals surface area contributed by atoms with Crippen molar-refractivity contribution in [1.82, 2.24) is 14.5 Å². The van der Waals surface area contributed by atoms with Crippen LogP contribution >= 0.6 is 11.6 Å². The first kappa shape index (κ1) is 17.3. The van der Waals surface area contributed by atoms with E-state index < -0.39 is 0 Å². The van der Waals surface area contributed by atoms with Gasteiger partial charge in [0.15, 0.2) is 5.78 Å². The Morgan fingerprint density at radius 1 is 1.12 bits per heavy atom. The van der Waals surface area contributed by atoms with Gasteiger partial charge in [0, 0.05) is 39.7 Å². The van der Waals surface area contributed by atoms with Crippen molar-refractivity contribution < 1.29 is 4.79 Å². The second-order valence-electron chi connectivity index (χ2n) is 6.93. The molecule has 0 radical (unpaired) electrons. The molecule has 2 aromatic heterocycles. The van der Waals surface area contributed by atoms with Crippen LogP contribution in [0.25, 0.3) is 16.6 Å². The third kappa shape index (κ3) is 3.15. The van der Waals surface area contributed by atoms with Gasteiger partial charge in [-0.1, -0.05) is 18.0 Å². The van der Waals surface area contributed by atoms with Gasteiger partial charge >= 0.3 is 0 Å². The molecule has 26 heavy (non-hydrogen) atoms. The van der Waals surface area contributed by atoms with Gasteiger partial charge in [0.2, 0.25) is 0 Å². The summed E-state index contributed by atoms with van der Waals surface area (Å²) in [6, 6.07) is 9.67. The summed E-state index contributed by atoms with van der Waals surface area (Å²) >= 11 is 6.04. The van der Waals surface area contributed by atoms with E-state index in [9.17, 15) is 4.79 Å². The number of rotatable bonds is 4. The van der Waals surface area contributed by atoms with E-state index in [1.807, 2.05) is 37.3 Å². The number of halogens is 1. The molecule has 0 saturated carbocycles. The molecule has 1 saturated heterocycles. The second kappa shape index (κ2) is 7.22. The molecule has 3 heterocycles. The maximum atomic E-state index is 13.1. The van der Waals surface area contributed by atoms with E-state index >= 15 is 0 Å². The number of carbonyl (C=O) groups is 1. The maximum Gasteiger partial charge on any atom is 0.179 e. The van der Waals surface area contributed by atoms with Crippen LogP contribution in [0.1, 0.15) is 35.3 Å². The molecule has 4 rings (SSSR count). The van der Waals surface area contributed by atoms with Crippen LogP contribution in [0.5, 0.6) is 0 Å². The Hall–Kier alpha value is -2.17. The zero-order valence-corrected chi connectivity index (χ0v) is 15.7. The highest BCUT2D eigenvalue weighted by Gasteiger charge is 2.23. The first-order valence-corrected chi connectivity index (χ1v) is 9.49. The van der Waals surface area contributed by atoms with Gasteiger partial charge in [-0.25, -0.2) is 0 Å². The normalized spacial score (nSPS) is 15.5. The number of piperidine rings is 1. The lowest BCUT2D eigenvalue weighted by Gasteiger charge is -2.25. The predicted molar refractivity (Wildman–Crippen MR) is 105 cm³/mol. The quantitative estimate of drug-likeness (QED) is 0.629. The van der Waals surface area contributed by atoms with Gasteiger partial charge in [0.05, 0.1) is 12.1 Å². The smallest absolute Gasteiger partial charge is 0.179 e. The molecule has 134 valence electrons. The monoisotopic (exact) mass is 367 g/mol. The molecule has 1 aromatic carbocycles. The van der Waals surface area contributed by atoms with E-state index in [0.717, 1.165) is 40.9 Å². The number of benzene rings is 1. The van der Waals surface area contributed by atoms with E-state index in [-0.39, 0.29) is 5.78 Å². The van der Waals surface area contributed by atoms with E-state index in [1.54, 1.807) is 12.4 Å². The number of likely N-dealkylation sites (tertiary alicyclic amines) is 1. The topological polar surface area (TPSA) is 38.1 Å². The fourth-order valence-electron chi connectivity index (χ4n) is 3.94. The Balaban J connectivity index is 1.78. The standard InChI is InChI=1S/C21H22ClN3O/c1-15-21(20(26)14-24-11-3-2-4-12-24)18-13-23-10-9-19(18)25(15)17-7-5-16(22)6-8-17/h5-10,13H,2-4,11-12,14H2,1H3. The Kier molecular flexibility index (Phi) is 4.79. The molecule has 4 nitrogen and oxygen atoms in total. The zero-order chi connectivity index (χ0) is 18.1. The molecule has 0 atom stereocenters. The Morgan fingerprint density at radius 2 is 1.85 bits per heavy atom. The second-order valence-corrected chi connectivity index (χ2v) is 7.36. The summed E-state index contributed by atoms with van der Waals surface area (Å²) < 4.78 is 2.12.